The Balaban J connectivity index is 2.05. The van der Waals surface area contributed by atoms with Crippen LogP contribution in [0.4, 0.5) is 0 Å². The molecule has 4 nitrogen and oxygen atoms in total. The van der Waals surface area contributed by atoms with E-state index in [4.69, 9.17) is 9.15 Å². The largest absolute Gasteiger partial charge is 0.457 e. The lowest BCUT2D eigenvalue weighted by molar-refractivity contribution is 0.0986. The highest BCUT2D eigenvalue weighted by Crippen LogP contribution is 2.36. The maximum atomic E-state index is 5.57. The Kier molecular flexibility index (Phi) is 2.37. The summed E-state index contributed by atoms with van der Waals surface area (Å²) >= 11 is 3.38. The molecule has 0 bridgehead atoms. The van der Waals surface area contributed by atoms with Gasteiger partial charge in [-0.15, -0.1) is 0 Å². The van der Waals surface area contributed by atoms with Crippen molar-refractivity contribution in [1.29, 1.82) is 0 Å². The molecule has 0 amide bonds. The summed E-state index contributed by atoms with van der Waals surface area (Å²) in [5, 5.41) is 0. The number of furan rings is 1. The fraction of sp³-hybridized carbons (Fsp3) is 0.364. The van der Waals surface area contributed by atoms with Crippen molar-refractivity contribution in [3.8, 4) is 0 Å². The molecule has 0 saturated carbocycles. The van der Waals surface area contributed by atoms with Crippen LogP contribution in [0.15, 0.2) is 27.9 Å². The van der Waals surface area contributed by atoms with Crippen LogP contribution in [-0.2, 0) is 18.4 Å². The fourth-order valence-corrected chi connectivity index (χ4v) is 2.47. The highest BCUT2D eigenvalue weighted by atomic mass is 79.9. The van der Waals surface area contributed by atoms with Crippen LogP contribution in [0, 0.1) is 0 Å². The van der Waals surface area contributed by atoms with Crippen molar-refractivity contribution in [3.05, 3.63) is 40.3 Å². The lowest BCUT2D eigenvalue weighted by Crippen LogP contribution is -2.16. The Bertz CT molecular complexity index is 518. The molecule has 84 valence electrons. The molecule has 1 aliphatic rings. The normalized spacial score (nSPS) is 19.8. The summed E-state index contributed by atoms with van der Waals surface area (Å²) in [6, 6.07) is 0. The van der Waals surface area contributed by atoms with E-state index >= 15 is 0 Å². The predicted octanol–water partition coefficient (Wildman–Crippen LogP) is 2.44. The number of aromatic nitrogens is 2. The van der Waals surface area contributed by atoms with Crippen molar-refractivity contribution in [3.63, 3.8) is 0 Å². The number of halogens is 1. The third-order valence-electron chi connectivity index (χ3n) is 2.86. The van der Waals surface area contributed by atoms with E-state index in [-0.39, 0.29) is 5.92 Å². The van der Waals surface area contributed by atoms with Crippen molar-refractivity contribution in [2.75, 3.05) is 6.61 Å². The van der Waals surface area contributed by atoms with Gasteiger partial charge in [-0.3, -0.25) is 0 Å². The first kappa shape index (κ1) is 10.1. The summed E-state index contributed by atoms with van der Waals surface area (Å²) in [6.07, 6.45) is 5.62. The summed E-state index contributed by atoms with van der Waals surface area (Å²) in [5.41, 5.74) is 3.30. The van der Waals surface area contributed by atoms with Crippen LogP contribution in [0.5, 0.6) is 0 Å². The summed E-state index contributed by atoms with van der Waals surface area (Å²) in [5.74, 6) is 0.181. The zero-order valence-corrected chi connectivity index (χ0v) is 10.4. The Morgan fingerprint density at radius 3 is 3.19 bits per heavy atom. The van der Waals surface area contributed by atoms with Crippen LogP contribution in [0.3, 0.4) is 0 Å². The van der Waals surface area contributed by atoms with E-state index < -0.39 is 0 Å². The van der Waals surface area contributed by atoms with E-state index in [0.717, 1.165) is 15.9 Å². The predicted molar refractivity (Wildman–Crippen MR) is 61.1 cm³/mol. The summed E-state index contributed by atoms with van der Waals surface area (Å²) < 4.78 is 13.7. The van der Waals surface area contributed by atoms with Gasteiger partial charge >= 0.3 is 0 Å². The Morgan fingerprint density at radius 2 is 2.44 bits per heavy atom. The second-order valence-corrected chi connectivity index (χ2v) is 4.70. The number of ether oxygens (including phenoxy) is 1. The molecule has 0 fully saturated rings. The molecule has 16 heavy (non-hydrogen) atoms. The topological polar surface area (TPSA) is 40.2 Å². The fourth-order valence-electron chi connectivity index (χ4n) is 2.03. The number of fused-ring (bicyclic) bond motifs is 1. The molecule has 0 N–H and O–H groups in total. The molecule has 3 rings (SSSR count). The summed E-state index contributed by atoms with van der Waals surface area (Å²) in [4.78, 5) is 4.37. The van der Waals surface area contributed by atoms with E-state index in [1.54, 1.807) is 12.6 Å². The van der Waals surface area contributed by atoms with Gasteiger partial charge in [-0.05, 0) is 15.9 Å². The Morgan fingerprint density at radius 1 is 1.56 bits per heavy atom. The molecule has 5 heteroatoms. The Labute approximate surface area is 101 Å². The molecule has 2 aromatic heterocycles. The third kappa shape index (κ3) is 1.51. The first-order valence-corrected chi connectivity index (χ1v) is 5.86. The van der Waals surface area contributed by atoms with Gasteiger partial charge in [0.1, 0.15) is 0 Å². The van der Waals surface area contributed by atoms with Crippen molar-refractivity contribution >= 4 is 15.9 Å². The van der Waals surface area contributed by atoms with Gasteiger partial charge in [-0.1, -0.05) is 0 Å². The second kappa shape index (κ2) is 3.75. The molecule has 1 atom stereocenters. The molecule has 1 unspecified atom stereocenters. The molecule has 2 aromatic rings. The van der Waals surface area contributed by atoms with E-state index in [1.807, 2.05) is 17.8 Å². The second-order valence-electron chi connectivity index (χ2n) is 3.98. The average Bonchev–Trinajstić information content (AvgIpc) is 2.86. The van der Waals surface area contributed by atoms with Gasteiger partial charge in [-0.25, -0.2) is 4.98 Å². The van der Waals surface area contributed by atoms with Crippen LogP contribution in [0.25, 0.3) is 0 Å². The number of nitrogens with zero attached hydrogens (tertiary/aromatic N) is 2. The zero-order valence-electron chi connectivity index (χ0n) is 8.81. The monoisotopic (exact) mass is 282 g/mol. The Hall–Kier alpha value is -1.07. The highest BCUT2D eigenvalue weighted by molar-refractivity contribution is 9.10. The van der Waals surface area contributed by atoms with E-state index in [2.05, 4.69) is 20.9 Å². The third-order valence-corrected chi connectivity index (χ3v) is 3.53. The minimum absolute atomic E-state index is 0.181. The molecule has 0 aromatic carbocycles. The number of hydrogen-bond acceptors (Lipinski definition) is 3. The van der Waals surface area contributed by atoms with Crippen molar-refractivity contribution < 1.29 is 9.15 Å². The molecular weight excluding hydrogens is 272 g/mol. The first-order valence-electron chi connectivity index (χ1n) is 5.07. The summed E-state index contributed by atoms with van der Waals surface area (Å²) in [7, 11) is 1.96. The van der Waals surface area contributed by atoms with Gasteiger partial charge in [0.2, 0.25) is 0 Å². The van der Waals surface area contributed by atoms with E-state index in [9.17, 15) is 0 Å². The van der Waals surface area contributed by atoms with Gasteiger partial charge in [-0.2, -0.15) is 0 Å². The minimum atomic E-state index is 0.181. The van der Waals surface area contributed by atoms with Gasteiger partial charge < -0.3 is 13.7 Å². The van der Waals surface area contributed by atoms with Gasteiger partial charge in [0.25, 0.3) is 0 Å². The van der Waals surface area contributed by atoms with Crippen LogP contribution in [0.1, 0.15) is 22.7 Å². The zero-order chi connectivity index (χ0) is 11.1. The quantitative estimate of drug-likeness (QED) is 0.807. The van der Waals surface area contributed by atoms with Crippen LogP contribution in [-0.4, -0.2) is 16.2 Å². The number of aryl methyl sites for hydroxylation is 1. The number of hydrogen-bond donors (Lipinski definition) is 0. The van der Waals surface area contributed by atoms with Crippen LogP contribution in [0.2, 0.25) is 0 Å². The SMILES string of the molecule is Cn1cnc(C2COCc3c2coc3Br)c1. The maximum absolute atomic E-state index is 5.57. The minimum Gasteiger partial charge on any atom is -0.457 e. The van der Waals surface area contributed by atoms with Crippen molar-refractivity contribution in [1.82, 2.24) is 9.55 Å². The lowest BCUT2D eigenvalue weighted by Gasteiger charge is -2.20. The van der Waals surface area contributed by atoms with Crippen LogP contribution >= 0.6 is 15.9 Å². The molecular formula is C11H11BrN2O2. The highest BCUT2D eigenvalue weighted by Gasteiger charge is 2.27. The number of imidazole rings is 1. The summed E-state index contributed by atoms with van der Waals surface area (Å²) in [6.45, 7) is 1.27. The molecule has 0 radical (unpaired) electrons. The smallest absolute Gasteiger partial charge is 0.174 e. The van der Waals surface area contributed by atoms with E-state index in [1.165, 1.54) is 5.56 Å². The number of rotatable bonds is 1. The molecule has 0 spiro atoms. The molecule has 0 saturated heterocycles. The average molecular weight is 283 g/mol. The standard InChI is InChI=1S/C11H11BrN2O2/c1-14-2-10(13-6-14)8-3-15-4-9-7(8)5-16-11(9)12/h2,5-6,8H,3-4H2,1H3. The van der Waals surface area contributed by atoms with Gasteiger partial charge in [0.05, 0.1) is 37.4 Å². The van der Waals surface area contributed by atoms with E-state index in [0.29, 0.717) is 13.2 Å². The van der Waals surface area contributed by atoms with Gasteiger partial charge in [0, 0.05) is 24.4 Å². The van der Waals surface area contributed by atoms with Crippen molar-refractivity contribution in [2.45, 2.75) is 12.5 Å². The molecule has 3 heterocycles. The molecule has 0 aliphatic carbocycles. The van der Waals surface area contributed by atoms with Crippen LogP contribution < -0.4 is 0 Å². The first-order chi connectivity index (χ1) is 7.75. The maximum Gasteiger partial charge on any atom is 0.174 e. The molecule has 1 aliphatic heterocycles. The van der Waals surface area contributed by atoms with Crippen molar-refractivity contribution in [2.24, 2.45) is 7.05 Å². The van der Waals surface area contributed by atoms with Gasteiger partial charge in [0.15, 0.2) is 4.67 Å². The lowest BCUT2D eigenvalue weighted by atomic mass is 9.94.